The van der Waals surface area contributed by atoms with E-state index in [1.165, 1.54) is 6.20 Å². The molecule has 1 amide bonds. The molecule has 4 N–H and O–H groups in total. The maximum absolute atomic E-state index is 13.1. The Morgan fingerprint density at radius 3 is 2.22 bits per heavy atom. The maximum Gasteiger partial charge on any atom is 0.249 e. The molecule has 0 saturated heterocycles. The van der Waals surface area contributed by atoms with Crippen LogP contribution < -0.4 is 10.5 Å². The Labute approximate surface area is 214 Å². The summed E-state index contributed by atoms with van der Waals surface area (Å²) in [5.74, 6) is -0.789. The van der Waals surface area contributed by atoms with Gasteiger partial charge < -0.3 is 10.7 Å². The maximum atomic E-state index is 13.1. The number of carbonyl (C=O) groups excluding carboxylic acids is 1. The Kier molecular flexibility index (Phi) is 6.57. The van der Waals surface area contributed by atoms with Crippen LogP contribution in [0.15, 0.2) is 103 Å². The zero-order valence-electron chi connectivity index (χ0n) is 19.8. The molecular weight excluding hydrogens is 484 g/mol. The largest absolute Gasteiger partial charge is 0.366 e. The number of H-pyrrole nitrogens is 1. The molecule has 2 heterocycles. The number of fused-ring (bicyclic) bond motifs is 1. The first-order chi connectivity index (χ1) is 17.9. The minimum absolute atomic E-state index is 0.196. The number of nitrogens with zero attached hydrogens (tertiary/aromatic N) is 1. The van der Waals surface area contributed by atoms with Crippen molar-refractivity contribution in [1.29, 1.82) is 0 Å². The molecule has 3 aromatic carbocycles. The van der Waals surface area contributed by atoms with Gasteiger partial charge in [-0.25, -0.2) is 13.4 Å². The Morgan fingerprint density at radius 1 is 0.892 bits per heavy atom. The number of hydrogen-bond donors (Lipinski definition) is 3. The fraction of sp³-hybridized carbons (Fsp3) is 0.0345. The number of amides is 1. The minimum atomic E-state index is -3.75. The molecule has 8 heteroatoms. The molecule has 184 valence electrons. The second-order valence-corrected chi connectivity index (χ2v) is 10.3. The number of anilines is 1. The van der Waals surface area contributed by atoms with Gasteiger partial charge in [0, 0.05) is 23.5 Å². The quantitative estimate of drug-likeness (QED) is 0.250. The molecule has 5 aromatic rings. The van der Waals surface area contributed by atoms with Gasteiger partial charge in [-0.3, -0.25) is 9.52 Å². The van der Waals surface area contributed by atoms with Gasteiger partial charge >= 0.3 is 0 Å². The van der Waals surface area contributed by atoms with Crippen LogP contribution in [0.2, 0.25) is 0 Å². The molecule has 0 spiro atoms. The van der Waals surface area contributed by atoms with E-state index in [4.69, 9.17) is 5.73 Å². The van der Waals surface area contributed by atoms with Crippen molar-refractivity contribution in [2.75, 3.05) is 4.72 Å². The Morgan fingerprint density at radius 2 is 1.54 bits per heavy atom. The van der Waals surface area contributed by atoms with E-state index in [0.29, 0.717) is 39.0 Å². The number of hydrogen-bond acceptors (Lipinski definition) is 4. The fourth-order valence-corrected chi connectivity index (χ4v) is 5.41. The van der Waals surface area contributed by atoms with E-state index in [0.717, 1.165) is 11.1 Å². The number of pyridine rings is 1. The van der Waals surface area contributed by atoms with Crippen LogP contribution in [0.4, 0.5) is 5.69 Å². The van der Waals surface area contributed by atoms with E-state index in [1.54, 1.807) is 30.5 Å². The van der Waals surface area contributed by atoms with E-state index < -0.39 is 15.9 Å². The molecule has 37 heavy (non-hydrogen) atoms. The van der Waals surface area contributed by atoms with Crippen molar-refractivity contribution < 1.29 is 13.2 Å². The third-order valence-electron chi connectivity index (χ3n) is 5.94. The number of carbonyl (C=O) groups is 1. The molecule has 0 fully saturated rings. The number of aromatic amines is 1. The Bertz CT molecular complexity index is 1690. The average Bonchev–Trinajstić information content (AvgIpc) is 3.32. The lowest BCUT2D eigenvalue weighted by molar-refractivity contribution is -0.112. The van der Waals surface area contributed by atoms with Crippen LogP contribution in [0.5, 0.6) is 0 Å². The van der Waals surface area contributed by atoms with Crippen LogP contribution in [-0.4, -0.2) is 24.3 Å². The molecular formula is C29H24N4O3S. The van der Waals surface area contributed by atoms with Gasteiger partial charge in [0.1, 0.15) is 5.65 Å². The van der Waals surface area contributed by atoms with Crippen LogP contribution in [0, 0.1) is 0 Å². The van der Waals surface area contributed by atoms with Crippen molar-refractivity contribution in [3.63, 3.8) is 0 Å². The summed E-state index contributed by atoms with van der Waals surface area (Å²) in [6.07, 6.45) is 4.83. The van der Waals surface area contributed by atoms with Gasteiger partial charge in [-0.05, 0) is 34.4 Å². The topological polar surface area (TPSA) is 118 Å². The van der Waals surface area contributed by atoms with E-state index >= 15 is 0 Å². The zero-order chi connectivity index (χ0) is 25.8. The highest BCUT2D eigenvalue weighted by Gasteiger charge is 2.17. The highest BCUT2D eigenvalue weighted by atomic mass is 32.2. The third kappa shape index (κ3) is 5.44. The van der Waals surface area contributed by atoms with E-state index in [-0.39, 0.29) is 5.75 Å². The predicted molar refractivity (Wildman–Crippen MR) is 148 cm³/mol. The second kappa shape index (κ2) is 10.1. The van der Waals surface area contributed by atoms with Gasteiger partial charge in [0.2, 0.25) is 15.9 Å². The standard InChI is InChI=1S/C29H24N4O3S/c30-28(34)25(23-9-5-2-6-10-23)17-24-18-32-29-27(24)26(15-16-31-29)33-37(35,36)19-20-11-13-22(14-12-20)21-7-3-1-4-8-21/h1-18H,19H2,(H2,30,34)(H2,31,32,33). The summed E-state index contributed by atoms with van der Waals surface area (Å²) in [6.45, 7) is 0. The van der Waals surface area contributed by atoms with Crippen LogP contribution in [0.25, 0.3) is 33.8 Å². The van der Waals surface area contributed by atoms with Crippen molar-refractivity contribution in [2.24, 2.45) is 5.73 Å². The number of aromatic nitrogens is 2. The van der Waals surface area contributed by atoms with Gasteiger partial charge in [0.25, 0.3) is 0 Å². The van der Waals surface area contributed by atoms with E-state index in [9.17, 15) is 13.2 Å². The molecule has 0 unspecified atom stereocenters. The van der Waals surface area contributed by atoms with Gasteiger partial charge in [-0.1, -0.05) is 84.9 Å². The summed E-state index contributed by atoms with van der Waals surface area (Å²) >= 11 is 0. The predicted octanol–water partition coefficient (Wildman–Crippen LogP) is 5.20. The lowest BCUT2D eigenvalue weighted by atomic mass is 10.0. The highest BCUT2D eigenvalue weighted by Crippen LogP contribution is 2.30. The Hall–Kier alpha value is -4.69. The van der Waals surface area contributed by atoms with Crippen molar-refractivity contribution in [1.82, 2.24) is 9.97 Å². The summed E-state index contributed by atoms with van der Waals surface area (Å²) in [5.41, 5.74) is 10.8. The molecule has 2 aromatic heterocycles. The van der Waals surface area contributed by atoms with Gasteiger partial charge in [0.15, 0.2) is 0 Å². The van der Waals surface area contributed by atoms with E-state index in [1.807, 2.05) is 72.8 Å². The van der Waals surface area contributed by atoms with Gasteiger partial charge in [-0.2, -0.15) is 0 Å². The summed E-state index contributed by atoms with van der Waals surface area (Å²) in [5, 5.41) is 0.542. The molecule has 0 aliphatic heterocycles. The molecule has 0 bridgehead atoms. The van der Waals surface area contributed by atoms with Gasteiger partial charge in [-0.15, -0.1) is 0 Å². The summed E-state index contributed by atoms with van der Waals surface area (Å²) in [4.78, 5) is 19.6. The van der Waals surface area contributed by atoms with Crippen LogP contribution >= 0.6 is 0 Å². The average molecular weight is 509 g/mol. The summed E-state index contributed by atoms with van der Waals surface area (Å²) < 4.78 is 28.9. The first-order valence-corrected chi connectivity index (χ1v) is 13.2. The first-order valence-electron chi connectivity index (χ1n) is 11.6. The zero-order valence-corrected chi connectivity index (χ0v) is 20.6. The fourth-order valence-electron chi connectivity index (χ4n) is 4.20. The van der Waals surface area contributed by atoms with Crippen LogP contribution in [0.1, 0.15) is 16.7 Å². The summed E-state index contributed by atoms with van der Waals surface area (Å²) in [7, 11) is -3.75. The number of primary amides is 1. The number of nitrogens with two attached hydrogens (primary N) is 1. The monoisotopic (exact) mass is 508 g/mol. The number of nitrogens with one attached hydrogen (secondary N) is 2. The van der Waals surface area contributed by atoms with Crippen LogP contribution in [0.3, 0.4) is 0 Å². The van der Waals surface area contributed by atoms with E-state index in [2.05, 4.69) is 14.7 Å². The lowest BCUT2D eigenvalue weighted by Gasteiger charge is -2.11. The second-order valence-electron chi connectivity index (χ2n) is 8.54. The molecule has 0 aliphatic carbocycles. The minimum Gasteiger partial charge on any atom is -0.366 e. The van der Waals surface area contributed by atoms with Crippen molar-refractivity contribution in [3.8, 4) is 11.1 Å². The summed E-state index contributed by atoms with van der Waals surface area (Å²) in [6, 6.07) is 28.0. The number of benzene rings is 3. The molecule has 5 rings (SSSR count). The molecule has 0 saturated carbocycles. The molecule has 0 atom stereocenters. The van der Waals surface area contributed by atoms with Crippen molar-refractivity contribution in [2.45, 2.75) is 5.75 Å². The van der Waals surface area contributed by atoms with Crippen molar-refractivity contribution >= 4 is 44.3 Å². The van der Waals surface area contributed by atoms with Gasteiger partial charge in [0.05, 0.1) is 16.8 Å². The SMILES string of the molecule is NC(=O)C(=Cc1c[nH]c2nccc(NS(=O)(=O)Cc3ccc(-c4ccccc4)cc3)c12)c1ccccc1. The highest BCUT2D eigenvalue weighted by molar-refractivity contribution is 7.91. The molecule has 0 aliphatic rings. The smallest absolute Gasteiger partial charge is 0.249 e. The number of rotatable bonds is 8. The van der Waals surface area contributed by atoms with Crippen molar-refractivity contribution in [3.05, 3.63) is 120 Å². The molecule has 0 radical (unpaired) electrons. The first kappa shape index (κ1) is 24.0. The lowest BCUT2D eigenvalue weighted by Crippen LogP contribution is -2.15. The normalized spacial score (nSPS) is 11.9. The van der Waals surface area contributed by atoms with Crippen LogP contribution in [-0.2, 0) is 20.6 Å². The third-order valence-corrected chi connectivity index (χ3v) is 7.18. The Balaban J connectivity index is 1.44. The number of sulfonamides is 1. The molecule has 7 nitrogen and oxygen atoms in total.